The van der Waals surface area contributed by atoms with Gasteiger partial charge in [0.25, 0.3) is 0 Å². The molecule has 0 aliphatic heterocycles. The van der Waals surface area contributed by atoms with Gasteiger partial charge in [0.2, 0.25) is 0 Å². The fourth-order valence-corrected chi connectivity index (χ4v) is 4.45. The molecule has 2 unspecified atom stereocenters. The number of phenols is 2. The number of hydrogen-bond acceptors (Lipinski definition) is 5. The van der Waals surface area contributed by atoms with Gasteiger partial charge in [-0.1, -0.05) is 0 Å². The molecule has 0 spiro atoms. The molecule has 26 heavy (non-hydrogen) atoms. The number of rotatable bonds is 1. The monoisotopic (exact) mass is 387 g/mol. The second kappa shape index (κ2) is 5.84. The van der Waals surface area contributed by atoms with E-state index in [0.717, 1.165) is 5.39 Å². The first-order valence-corrected chi connectivity index (χ1v) is 8.83. The van der Waals surface area contributed by atoms with Crippen molar-refractivity contribution in [1.29, 1.82) is 0 Å². The number of aromatic hydroxyl groups is 2. The number of phenolic OH excluding ortho intramolecular Hbond substituents is 2. The van der Waals surface area contributed by atoms with Crippen molar-refractivity contribution in [3.05, 3.63) is 55.2 Å². The Labute approximate surface area is 157 Å². The van der Waals surface area contributed by atoms with E-state index in [9.17, 15) is 20.1 Å². The van der Waals surface area contributed by atoms with Gasteiger partial charge in [0.1, 0.15) is 0 Å². The van der Waals surface area contributed by atoms with Crippen LogP contribution in [-0.2, 0) is 21.7 Å². The number of methoxy groups -OCH3 is 1. The number of hydrogen-bond donors (Lipinski definition) is 3. The molecule has 0 bridgehead atoms. The van der Waals surface area contributed by atoms with E-state index in [2.05, 4.69) is 17.0 Å². The summed E-state index contributed by atoms with van der Waals surface area (Å²) in [7, 11) is 1.46. The second-order valence-corrected chi connectivity index (χ2v) is 7.21. The Hall–Kier alpha value is -2.34. The number of ether oxygens (including phenoxy) is 1. The molecule has 0 amide bonds. The van der Waals surface area contributed by atoms with Crippen molar-refractivity contribution in [2.75, 3.05) is 7.11 Å². The van der Waals surface area contributed by atoms with Gasteiger partial charge in [-0.3, -0.25) is 0 Å². The predicted octanol–water partition coefficient (Wildman–Crippen LogP) is 3.52. The van der Waals surface area contributed by atoms with Crippen LogP contribution in [0.4, 0.5) is 0 Å². The molecule has 4 rings (SSSR count). The van der Waals surface area contributed by atoms with Gasteiger partial charge in [-0.25, -0.2) is 0 Å². The van der Waals surface area contributed by atoms with Crippen molar-refractivity contribution in [3.63, 3.8) is 0 Å². The van der Waals surface area contributed by atoms with Crippen molar-refractivity contribution in [2.45, 2.75) is 13.0 Å². The zero-order valence-corrected chi connectivity index (χ0v) is 15.5. The quantitative estimate of drug-likeness (QED) is 0.439. The zero-order chi connectivity index (χ0) is 18.7. The molecule has 3 aromatic rings. The Balaban J connectivity index is 2.32. The van der Waals surface area contributed by atoms with Gasteiger partial charge in [0, 0.05) is 0 Å². The number of fused-ring (bicyclic) bond motifs is 3. The Morgan fingerprint density at radius 2 is 1.92 bits per heavy atom. The van der Waals surface area contributed by atoms with Gasteiger partial charge in [-0.15, -0.1) is 0 Å². The van der Waals surface area contributed by atoms with Crippen LogP contribution in [-0.4, -0.2) is 22.4 Å². The molecule has 0 fully saturated rings. The maximum absolute atomic E-state index is 13.3. The molecule has 1 aliphatic carbocycles. The Kier molecular flexibility index (Phi) is 3.84. The van der Waals surface area contributed by atoms with Gasteiger partial charge < -0.3 is 0 Å². The number of aliphatic hydroxyl groups is 1. The minimum absolute atomic E-state index is 0.0196. The minimum atomic E-state index is -0.682. The standard InChI is InChI=1S/C20H16O5.V/c1-9-14(21)8-13-16(20(9)25-2)19(24)12-7-10-5-3-4-6-11(10)17(22)15(12)18(13)23;/h3-6,8-9,20-23H,1-2H3;/q-2;. The molecular formula is C20H16O5V-2. The Morgan fingerprint density at radius 3 is 2.62 bits per heavy atom. The molecule has 0 heterocycles. The Bertz CT molecular complexity index is 1220. The van der Waals surface area contributed by atoms with Crippen LogP contribution in [0.3, 0.4) is 0 Å². The second-order valence-electron chi connectivity index (χ2n) is 6.51. The predicted molar refractivity (Wildman–Crippen MR) is 95.0 cm³/mol. The number of benzene rings is 3. The molecule has 5 nitrogen and oxygen atoms in total. The van der Waals surface area contributed by atoms with E-state index in [-0.39, 0.29) is 39.0 Å². The van der Waals surface area contributed by atoms with Crippen LogP contribution in [0.1, 0.15) is 24.2 Å². The third kappa shape index (κ3) is 2.08. The zero-order valence-electron chi connectivity index (χ0n) is 14.1. The summed E-state index contributed by atoms with van der Waals surface area (Å²) in [5, 5.41) is 33.5. The average molecular weight is 387 g/mol. The summed E-state index contributed by atoms with van der Waals surface area (Å²) in [6.07, 6.45) is 0.697. The number of aliphatic hydroxyl groups excluding tert-OH is 1. The first kappa shape index (κ1) is 17.1. The molecule has 3 N–H and O–H groups in total. The van der Waals surface area contributed by atoms with E-state index in [0.29, 0.717) is 14.8 Å². The third-order valence-corrected chi connectivity index (χ3v) is 5.89. The first-order chi connectivity index (χ1) is 12.4. The van der Waals surface area contributed by atoms with Crippen LogP contribution < -0.4 is 5.43 Å². The Morgan fingerprint density at radius 1 is 1.23 bits per heavy atom. The van der Waals surface area contributed by atoms with Crippen LogP contribution in [0, 0.1) is 9.79 Å². The molecular weight excluding hydrogens is 371 g/mol. The van der Waals surface area contributed by atoms with Crippen LogP contribution >= 0.6 is 0 Å². The molecule has 1 aliphatic rings. The summed E-state index contributed by atoms with van der Waals surface area (Å²) >= 11 is 2.36. The van der Waals surface area contributed by atoms with Crippen molar-refractivity contribution in [1.82, 2.24) is 0 Å². The van der Waals surface area contributed by atoms with E-state index in [1.807, 2.05) is 12.1 Å². The van der Waals surface area contributed by atoms with Gasteiger partial charge in [0.05, 0.1) is 0 Å². The molecule has 133 valence electrons. The molecule has 0 saturated heterocycles. The van der Waals surface area contributed by atoms with E-state index >= 15 is 0 Å². The summed E-state index contributed by atoms with van der Waals surface area (Å²) in [5.74, 6) is -0.777. The fourth-order valence-electron chi connectivity index (χ4n) is 3.81. The van der Waals surface area contributed by atoms with Crippen LogP contribution in [0.5, 0.6) is 11.5 Å². The third-order valence-electron chi connectivity index (χ3n) is 5.17. The molecule has 0 aromatic heterocycles. The van der Waals surface area contributed by atoms with E-state index < -0.39 is 12.0 Å². The van der Waals surface area contributed by atoms with Crippen LogP contribution in [0.2, 0.25) is 0 Å². The summed E-state index contributed by atoms with van der Waals surface area (Å²) in [6.45, 7) is 1.75. The summed E-state index contributed by atoms with van der Waals surface area (Å²) in [5.41, 5.74) is 0.180. The topological polar surface area (TPSA) is 87.0 Å². The normalized spacial score (nSPS) is 19.5. The molecule has 3 aromatic carbocycles. The first-order valence-electron chi connectivity index (χ1n) is 8.14. The van der Waals surface area contributed by atoms with Crippen molar-refractivity contribution >= 4 is 27.6 Å². The van der Waals surface area contributed by atoms with Gasteiger partial charge in [-0.05, 0) is 0 Å². The van der Waals surface area contributed by atoms with Crippen LogP contribution in [0.25, 0.3) is 27.6 Å². The summed E-state index contributed by atoms with van der Waals surface area (Å²) in [6, 6.07) is 7.16. The summed E-state index contributed by atoms with van der Waals surface area (Å²) in [4.78, 5) is 13.3. The van der Waals surface area contributed by atoms with Gasteiger partial charge in [-0.2, -0.15) is 0 Å². The molecule has 6 heteroatoms. The SMILES string of the molecule is COC1c2c(c(O)c3[c-](O)c4ccccc4[c](=[V])[c-]3c2=O)C=C(O)C1C. The van der Waals surface area contributed by atoms with Crippen molar-refractivity contribution in [3.8, 4) is 11.5 Å². The van der Waals surface area contributed by atoms with Crippen molar-refractivity contribution in [2.24, 2.45) is 5.92 Å². The van der Waals surface area contributed by atoms with Gasteiger partial charge in [0.15, 0.2) is 0 Å². The van der Waals surface area contributed by atoms with Crippen molar-refractivity contribution < 1.29 is 37.0 Å². The van der Waals surface area contributed by atoms with Gasteiger partial charge >= 0.3 is 157 Å². The fraction of sp³-hybridized carbons (Fsp3) is 0.200. The van der Waals surface area contributed by atoms with Crippen LogP contribution in [0.15, 0.2) is 34.8 Å². The van der Waals surface area contributed by atoms with E-state index in [1.165, 1.54) is 13.2 Å². The molecule has 0 saturated carbocycles. The van der Waals surface area contributed by atoms with E-state index in [1.54, 1.807) is 19.1 Å². The van der Waals surface area contributed by atoms with E-state index in [4.69, 9.17) is 4.74 Å². The summed E-state index contributed by atoms with van der Waals surface area (Å²) < 4.78 is 6.09. The molecule has 0 radical (unpaired) electrons. The maximum atomic E-state index is 13.3. The molecule has 2 atom stereocenters. The average Bonchev–Trinajstić information content (AvgIpc) is 2.64.